The lowest BCUT2D eigenvalue weighted by molar-refractivity contribution is -0.302. The number of carbonyl (C=O) groups is 2. The molecule has 1 amide bonds. The quantitative estimate of drug-likeness (QED) is 0.0195. The lowest BCUT2D eigenvalue weighted by Gasteiger charge is -2.40. The van der Waals surface area contributed by atoms with Gasteiger partial charge in [-0.05, 0) is 57.8 Å². The molecule has 0 aromatic heterocycles. The van der Waals surface area contributed by atoms with Crippen LogP contribution in [0.1, 0.15) is 367 Å². The van der Waals surface area contributed by atoms with Gasteiger partial charge in [0.25, 0.3) is 0 Å². The molecule has 1 heterocycles. The van der Waals surface area contributed by atoms with Gasteiger partial charge in [-0.2, -0.15) is 0 Å². The standard InChI is InChI=1S/C73H139NO10/c1-3-5-7-9-11-13-14-15-16-35-38-41-45-49-53-57-61-69(78)82-62-58-54-50-46-42-39-36-33-31-29-27-25-23-21-19-17-18-20-22-24-26-28-30-32-34-37-40-44-48-52-56-60-68(77)74-65(66(76)59-55-51-47-43-12-10-8-6-4-2)64-83-73-72(81)71(80)70(79)67(63-75)84-73/h19,21,55,59,65-67,70-73,75-76,79-81H,3-18,20,22-54,56-58,60-64H2,1-2H3,(H,74,77)/b21-19-,59-55+. The summed E-state index contributed by atoms with van der Waals surface area (Å²) in [5, 5.41) is 54.3. The monoisotopic (exact) mass is 1190 g/mol. The first kappa shape index (κ1) is 80.2. The van der Waals surface area contributed by atoms with E-state index in [1.807, 2.05) is 6.08 Å². The topological polar surface area (TPSA) is 175 Å². The molecule has 1 aliphatic heterocycles. The third-order valence-electron chi connectivity index (χ3n) is 17.6. The highest BCUT2D eigenvalue weighted by Crippen LogP contribution is 2.23. The largest absolute Gasteiger partial charge is 0.466 e. The van der Waals surface area contributed by atoms with Crippen molar-refractivity contribution in [3.8, 4) is 0 Å². The maximum atomic E-state index is 13.0. The Bertz CT molecular complexity index is 1440. The lowest BCUT2D eigenvalue weighted by atomic mass is 9.99. The highest BCUT2D eigenvalue weighted by molar-refractivity contribution is 5.76. The molecule has 496 valence electrons. The van der Waals surface area contributed by atoms with Gasteiger partial charge in [-0.1, -0.05) is 321 Å². The highest BCUT2D eigenvalue weighted by Gasteiger charge is 2.44. The van der Waals surface area contributed by atoms with Gasteiger partial charge in [0.05, 0.1) is 32.0 Å². The number of amides is 1. The number of allylic oxidation sites excluding steroid dienone is 3. The number of hydrogen-bond acceptors (Lipinski definition) is 10. The van der Waals surface area contributed by atoms with E-state index in [9.17, 15) is 35.1 Å². The van der Waals surface area contributed by atoms with Crippen LogP contribution in [0.15, 0.2) is 24.3 Å². The second-order valence-corrected chi connectivity index (χ2v) is 25.7. The molecule has 0 bridgehead atoms. The molecule has 1 aliphatic rings. The van der Waals surface area contributed by atoms with E-state index in [1.165, 1.54) is 289 Å². The molecular weight excluding hydrogens is 1050 g/mol. The Balaban J connectivity index is 1.89. The summed E-state index contributed by atoms with van der Waals surface area (Å²) in [6.45, 7) is 4.36. The Kier molecular flexibility index (Phi) is 59.9. The average molecular weight is 1190 g/mol. The number of aliphatic hydroxyl groups excluding tert-OH is 5. The minimum Gasteiger partial charge on any atom is -0.466 e. The van der Waals surface area contributed by atoms with Crippen LogP contribution in [-0.4, -0.2) is 100 Å². The molecule has 11 nitrogen and oxygen atoms in total. The molecule has 6 N–H and O–H groups in total. The first-order valence-corrected chi connectivity index (χ1v) is 36.6. The van der Waals surface area contributed by atoms with Crippen molar-refractivity contribution in [3.05, 3.63) is 24.3 Å². The lowest BCUT2D eigenvalue weighted by Crippen LogP contribution is -2.60. The predicted molar refractivity (Wildman–Crippen MR) is 352 cm³/mol. The van der Waals surface area contributed by atoms with E-state index < -0.39 is 49.5 Å². The van der Waals surface area contributed by atoms with Crippen LogP contribution >= 0.6 is 0 Å². The van der Waals surface area contributed by atoms with Gasteiger partial charge in [-0.3, -0.25) is 9.59 Å². The first-order chi connectivity index (χ1) is 41.2. The Labute approximate surface area is 518 Å². The summed E-state index contributed by atoms with van der Waals surface area (Å²) in [6.07, 6.45) is 69.1. The fraction of sp³-hybridized carbons (Fsp3) is 0.918. The molecule has 0 saturated carbocycles. The van der Waals surface area contributed by atoms with Gasteiger partial charge in [0, 0.05) is 12.8 Å². The van der Waals surface area contributed by atoms with Crippen molar-refractivity contribution in [2.75, 3.05) is 19.8 Å². The van der Waals surface area contributed by atoms with Crippen LogP contribution in [0, 0.1) is 0 Å². The number of aliphatic hydroxyl groups is 5. The predicted octanol–water partition coefficient (Wildman–Crippen LogP) is 18.8. The van der Waals surface area contributed by atoms with E-state index in [0.717, 1.165) is 51.4 Å². The molecule has 0 radical (unpaired) electrons. The molecule has 0 aromatic rings. The third kappa shape index (κ3) is 51.1. The van der Waals surface area contributed by atoms with Crippen molar-refractivity contribution in [1.29, 1.82) is 0 Å². The van der Waals surface area contributed by atoms with Crippen molar-refractivity contribution < 1.29 is 49.3 Å². The number of esters is 1. The van der Waals surface area contributed by atoms with Gasteiger partial charge in [-0.25, -0.2) is 0 Å². The number of nitrogens with one attached hydrogen (secondary N) is 1. The molecule has 84 heavy (non-hydrogen) atoms. The number of unbranched alkanes of at least 4 members (excludes halogenated alkanes) is 49. The molecule has 0 aliphatic carbocycles. The van der Waals surface area contributed by atoms with Gasteiger partial charge in [0.2, 0.25) is 5.91 Å². The Morgan fingerprint density at radius 1 is 0.429 bits per heavy atom. The van der Waals surface area contributed by atoms with Gasteiger partial charge >= 0.3 is 5.97 Å². The smallest absolute Gasteiger partial charge is 0.305 e. The van der Waals surface area contributed by atoms with Crippen molar-refractivity contribution in [2.45, 2.75) is 410 Å². The van der Waals surface area contributed by atoms with E-state index in [4.69, 9.17) is 14.2 Å². The first-order valence-electron chi connectivity index (χ1n) is 36.6. The van der Waals surface area contributed by atoms with Gasteiger partial charge in [0.15, 0.2) is 6.29 Å². The molecule has 7 unspecified atom stereocenters. The average Bonchev–Trinajstić information content (AvgIpc) is 3.34. The molecule has 1 fully saturated rings. The number of ether oxygens (including phenoxy) is 3. The second kappa shape index (κ2) is 62.7. The summed E-state index contributed by atoms with van der Waals surface area (Å²) >= 11 is 0. The Morgan fingerprint density at radius 3 is 1.14 bits per heavy atom. The molecule has 1 rings (SSSR count). The molecule has 11 heteroatoms. The van der Waals surface area contributed by atoms with Crippen molar-refractivity contribution in [2.24, 2.45) is 0 Å². The van der Waals surface area contributed by atoms with Crippen molar-refractivity contribution >= 4 is 11.9 Å². The molecule has 0 spiro atoms. The summed E-state index contributed by atoms with van der Waals surface area (Å²) in [6, 6.07) is -0.806. The van der Waals surface area contributed by atoms with E-state index in [0.29, 0.717) is 19.4 Å². The van der Waals surface area contributed by atoms with Crippen LogP contribution in [0.4, 0.5) is 0 Å². The maximum absolute atomic E-state index is 13.0. The van der Waals surface area contributed by atoms with Crippen LogP contribution in [0.25, 0.3) is 0 Å². The van der Waals surface area contributed by atoms with Crippen LogP contribution in [-0.2, 0) is 23.8 Å². The van der Waals surface area contributed by atoms with E-state index in [-0.39, 0.29) is 18.5 Å². The zero-order chi connectivity index (χ0) is 60.9. The summed E-state index contributed by atoms with van der Waals surface area (Å²) in [4.78, 5) is 25.1. The molecule has 1 saturated heterocycles. The summed E-state index contributed by atoms with van der Waals surface area (Å²) in [5.41, 5.74) is 0. The number of hydrogen-bond donors (Lipinski definition) is 6. The molecule has 7 atom stereocenters. The van der Waals surface area contributed by atoms with Crippen molar-refractivity contribution in [1.82, 2.24) is 5.32 Å². The van der Waals surface area contributed by atoms with Crippen molar-refractivity contribution in [3.63, 3.8) is 0 Å². The number of rotatable bonds is 65. The van der Waals surface area contributed by atoms with Gasteiger partial charge in [-0.15, -0.1) is 0 Å². The number of carbonyl (C=O) groups excluding carboxylic acids is 2. The summed E-state index contributed by atoms with van der Waals surface area (Å²) in [5.74, 6) is -0.166. The fourth-order valence-electron chi connectivity index (χ4n) is 11.8. The Morgan fingerprint density at radius 2 is 0.762 bits per heavy atom. The Hall–Kier alpha value is -1.86. The normalized spacial score (nSPS) is 18.1. The van der Waals surface area contributed by atoms with Gasteiger partial charge < -0.3 is 45.1 Å². The molecule has 0 aromatic carbocycles. The second-order valence-electron chi connectivity index (χ2n) is 25.7. The SMILES string of the molecule is CCCCCCCCC/C=C/C(O)C(COC1OC(CO)C(O)C(O)C1O)NC(=O)CCCCCCCCCCCCCCCCC/C=C\CCCCCCCCCCCCCCOC(=O)CCCCCCCCCCCCCCCCCC. The summed E-state index contributed by atoms with van der Waals surface area (Å²) < 4.78 is 16.7. The van der Waals surface area contributed by atoms with Gasteiger partial charge in [0.1, 0.15) is 24.4 Å². The van der Waals surface area contributed by atoms with E-state index >= 15 is 0 Å². The van der Waals surface area contributed by atoms with Crippen LogP contribution < -0.4 is 5.32 Å². The highest BCUT2D eigenvalue weighted by atomic mass is 16.7. The van der Waals surface area contributed by atoms with Crippen LogP contribution in [0.5, 0.6) is 0 Å². The maximum Gasteiger partial charge on any atom is 0.305 e. The van der Waals surface area contributed by atoms with Crippen LogP contribution in [0.3, 0.4) is 0 Å². The minimum absolute atomic E-state index is 0.0138. The zero-order valence-electron chi connectivity index (χ0n) is 55.1. The zero-order valence-corrected chi connectivity index (χ0v) is 55.1. The van der Waals surface area contributed by atoms with Crippen LogP contribution in [0.2, 0.25) is 0 Å². The van der Waals surface area contributed by atoms with E-state index in [1.54, 1.807) is 6.08 Å². The summed E-state index contributed by atoms with van der Waals surface area (Å²) in [7, 11) is 0. The fourth-order valence-corrected chi connectivity index (χ4v) is 11.8. The molecular formula is C73H139NO10. The third-order valence-corrected chi connectivity index (χ3v) is 17.6. The minimum atomic E-state index is -1.57. The van der Waals surface area contributed by atoms with E-state index in [2.05, 4.69) is 31.3 Å².